The summed E-state index contributed by atoms with van der Waals surface area (Å²) in [6, 6.07) is 12.2. The number of carbonyl (C=O) groups excluding carboxylic acids is 1. The highest BCUT2D eigenvalue weighted by Crippen LogP contribution is 2.27. The summed E-state index contributed by atoms with van der Waals surface area (Å²) in [7, 11) is 0. The number of hydrogen-bond donors (Lipinski definition) is 2. The molecule has 0 bridgehead atoms. The molecule has 2 aromatic carbocycles. The fraction of sp³-hybridized carbons (Fsp3) is 0.316. The number of hydrogen-bond acceptors (Lipinski definition) is 2. The number of rotatable bonds is 6. The number of nitrogens with one attached hydrogen (secondary N) is 2. The van der Waals surface area contributed by atoms with Gasteiger partial charge in [0.2, 0.25) is 5.91 Å². The number of halogens is 1. The van der Waals surface area contributed by atoms with Crippen molar-refractivity contribution in [2.45, 2.75) is 33.7 Å². The van der Waals surface area contributed by atoms with Crippen molar-refractivity contribution >= 4 is 23.2 Å². The van der Waals surface area contributed by atoms with Crippen LogP contribution in [0.1, 0.15) is 28.7 Å². The minimum atomic E-state index is -0.0319. The third kappa shape index (κ3) is 5.38. The van der Waals surface area contributed by atoms with Gasteiger partial charge in [-0.25, -0.2) is 0 Å². The second-order valence-corrected chi connectivity index (χ2v) is 6.31. The van der Waals surface area contributed by atoms with Gasteiger partial charge < -0.3 is 10.6 Å². The molecule has 0 atom stereocenters. The normalized spacial score (nSPS) is 10.6. The van der Waals surface area contributed by atoms with Gasteiger partial charge in [-0.05, 0) is 43.5 Å². The summed E-state index contributed by atoms with van der Waals surface area (Å²) >= 11 is 6.20. The van der Waals surface area contributed by atoms with Gasteiger partial charge in [-0.2, -0.15) is 0 Å². The van der Waals surface area contributed by atoms with Gasteiger partial charge in [0.05, 0.1) is 10.7 Å². The van der Waals surface area contributed by atoms with E-state index in [1.54, 1.807) is 0 Å². The van der Waals surface area contributed by atoms with E-state index in [2.05, 4.69) is 35.8 Å². The SMILES string of the molecule is Cc1cccc(CNCCC(=O)Nc2c(C)cc(C)cc2Cl)c1. The maximum atomic E-state index is 12.1. The molecule has 2 N–H and O–H groups in total. The molecule has 0 saturated carbocycles. The smallest absolute Gasteiger partial charge is 0.225 e. The van der Waals surface area contributed by atoms with Crippen LogP contribution in [0.25, 0.3) is 0 Å². The topological polar surface area (TPSA) is 41.1 Å². The summed E-state index contributed by atoms with van der Waals surface area (Å²) in [6.07, 6.45) is 0.412. The molecular formula is C19H23ClN2O. The first kappa shape index (κ1) is 17.5. The first-order valence-corrected chi connectivity index (χ1v) is 8.16. The maximum absolute atomic E-state index is 12.1. The molecule has 0 saturated heterocycles. The molecule has 0 aromatic heterocycles. The van der Waals surface area contributed by atoms with Crippen LogP contribution in [-0.2, 0) is 11.3 Å². The van der Waals surface area contributed by atoms with Gasteiger partial charge in [-0.3, -0.25) is 4.79 Å². The summed E-state index contributed by atoms with van der Waals surface area (Å²) in [4.78, 5) is 12.1. The van der Waals surface area contributed by atoms with Crippen molar-refractivity contribution in [3.63, 3.8) is 0 Å². The van der Waals surface area contributed by atoms with Crippen LogP contribution in [-0.4, -0.2) is 12.5 Å². The number of anilines is 1. The molecule has 2 rings (SSSR count). The Balaban J connectivity index is 1.80. The minimum absolute atomic E-state index is 0.0319. The van der Waals surface area contributed by atoms with Gasteiger partial charge in [0.25, 0.3) is 0 Å². The molecule has 3 nitrogen and oxygen atoms in total. The summed E-state index contributed by atoms with van der Waals surface area (Å²) in [5, 5.41) is 6.78. The van der Waals surface area contributed by atoms with E-state index in [9.17, 15) is 4.79 Å². The van der Waals surface area contributed by atoms with Crippen molar-refractivity contribution in [2.75, 3.05) is 11.9 Å². The van der Waals surface area contributed by atoms with Crippen molar-refractivity contribution in [1.29, 1.82) is 0 Å². The van der Waals surface area contributed by atoms with Crippen LogP contribution in [0.5, 0.6) is 0 Å². The molecule has 0 aliphatic carbocycles. The first-order chi connectivity index (χ1) is 11.0. The lowest BCUT2D eigenvalue weighted by molar-refractivity contribution is -0.116. The van der Waals surface area contributed by atoms with Crippen LogP contribution in [0.15, 0.2) is 36.4 Å². The average molecular weight is 331 g/mol. The van der Waals surface area contributed by atoms with E-state index in [-0.39, 0.29) is 5.91 Å². The molecule has 4 heteroatoms. The van der Waals surface area contributed by atoms with Gasteiger partial charge in [0, 0.05) is 19.5 Å². The second-order valence-electron chi connectivity index (χ2n) is 5.90. The van der Waals surface area contributed by atoms with Gasteiger partial charge in [-0.15, -0.1) is 0 Å². The zero-order valence-electron chi connectivity index (χ0n) is 13.9. The molecule has 0 spiro atoms. The third-order valence-electron chi connectivity index (χ3n) is 3.64. The Morgan fingerprint density at radius 1 is 1.09 bits per heavy atom. The Morgan fingerprint density at radius 3 is 2.57 bits per heavy atom. The zero-order chi connectivity index (χ0) is 16.8. The van der Waals surface area contributed by atoms with Crippen molar-refractivity contribution in [3.8, 4) is 0 Å². The predicted octanol–water partition coefficient (Wildman–Crippen LogP) is 4.38. The molecule has 0 aliphatic heterocycles. The van der Waals surface area contributed by atoms with Crippen molar-refractivity contribution < 1.29 is 4.79 Å². The molecule has 0 unspecified atom stereocenters. The molecule has 122 valence electrons. The molecule has 0 fully saturated rings. The second kappa shape index (κ2) is 8.14. The van der Waals surface area contributed by atoms with E-state index in [1.807, 2.05) is 32.0 Å². The van der Waals surface area contributed by atoms with Crippen molar-refractivity contribution in [1.82, 2.24) is 5.32 Å². The van der Waals surface area contributed by atoms with Crippen LogP contribution < -0.4 is 10.6 Å². The largest absolute Gasteiger partial charge is 0.325 e. The highest BCUT2D eigenvalue weighted by Gasteiger charge is 2.09. The standard InChI is InChI=1S/C19H23ClN2O/c1-13-5-4-6-16(10-13)12-21-8-7-18(23)22-19-15(3)9-14(2)11-17(19)20/h4-6,9-11,21H,7-8,12H2,1-3H3,(H,22,23). The Kier molecular flexibility index (Phi) is 6.20. The molecule has 2 aromatic rings. The lowest BCUT2D eigenvalue weighted by atomic mass is 10.1. The molecule has 0 heterocycles. The summed E-state index contributed by atoms with van der Waals surface area (Å²) in [5.74, 6) is -0.0319. The van der Waals surface area contributed by atoms with E-state index in [0.29, 0.717) is 23.7 Å². The Hall–Kier alpha value is -1.84. The van der Waals surface area contributed by atoms with Gasteiger partial charge >= 0.3 is 0 Å². The fourth-order valence-electron chi connectivity index (χ4n) is 2.53. The minimum Gasteiger partial charge on any atom is -0.325 e. The molecule has 1 amide bonds. The van der Waals surface area contributed by atoms with Crippen LogP contribution in [0.4, 0.5) is 5.69 Å². The predicted molar refractivity (Wildman–Crippen MR) is 97.1 cm³/mol. The molecule has 23 heavy (non-hydrogen) atoms. The van der Waals surface area contributed by atoms with E-state index in [0.717, 1.165) is 17.7 Å². The summed E-state index contributed by atoms with van der Waals surface area (Å²) < 4.78 is 0. The third-order valence-corrected chi connectivity index (χ3v) is 3.93. The van der Waals surface area contributed by atoms with E-state index >= 15 is 0 Å². The lowest BCUT2D eigenvalue weighted by Crippen LogP contribution is -2.22. The Morgan fingerprint density at radius 2 is 1.87 bits per heavy atom. The van der Waals surface area contributed by atoms with E-state index < -0.39 is 0 Å². The highest BCUT2D eigenvalue weighted by atomic mass is 35.5. The van der Waals surface area contributed by atoms with Crippen LogP contribution in [0.2, 0.25) is 5.02 Å². The number of benzene rings is 2. The number of aryl methyl sites for hydroxylation is 3. The molecule has 0 radical (unpaired) electrons. The first-order valence-electron chi connectivity index (χ1n) is 7.78. The summed E-state index contributed by atoms with van der Waals surface area (Å²) in [5.41, 5.74) is 5.25. The number of amides is 1. The van der Waals surface area contributed by atoms with Crippen molar-refractivity contribution in [3.05, 3.63) is 63.7 Å². The monoisotopic (exact) mass is 330 g/mol. The van der Waals surface area contributed by atoms with E-state index in [1.165, 1.54) is 11.1 Å². The Bertz CT molecular complexity index is 675. The Labute approximate surface area is 143 Å². The van der Waals surface area contributed by atoms with Gasteiger partial charge in [0.1, 0.15) is 0 Å². The van der Waals surface area contributed by atoms with Crippen LogP contribution in [0, 0.1) is 20.8 Å². The lowest BCUT2D eigenvalue weighted by Gasteiger charge is -2.12. The summed E-state index contributed by atoms with van der Waals surface area (Å²) in [6.45, 7) is 7.40. The van der Waals surface area contributed by atoms with Crippen LogP contribution in [0.3, 0.4) is 0 Å². The number of carbonyl (C=O) groups is 1. The van der Waals surface area contributed by atoms with Crippen molar-refractivity contribution in [2.24, 2.45) is 0 Å². The maximum Gasteiger partial charge on any atom is 0.225 e. The van der Waals surface area contributed by atoms with E-state index in [4.69, 9.17) is 11.6 Å². The van der Waals surface area contributed by atoms with Crippen LogP contribution >= 0.6 is 11.6 Å². The quantitative estimate of drug-likeness (QED) is 0.771. The average Bonchev–Trinajstić information content (AvgIpc) is 2.47. The fourth-order valence-corrected chi connectivity index (χ4v) is 2.90. The van der Waals surface area contributed by atoms with Gasteiger partial charge in [0.15, 0.2) is 0 Å². The van der Waals surface area contributed by atoms with Gasteiger partial charge in [-0.1, -0.05) is 47.5 Å². The molecular weight excluding hydrogens is 308 g/mol. The zero-order valence-corrected chi connectivity index (χ0v) is 14.6. The molecule has 0 aliphatic rings. The highest BCUT2D eigenvalue weighted by molar-refractivity contribution is 6.34.